The summed E-state index contributed by atoms with van der Waals surface area (Å²) in [5.41, 5.74) is 0. The van der Waals surface area contributed by atoms with Gasteiger partial charge in [0.1, 0.15) is 0 Å². The van der Waals surface area contributed by atoms with Gasteiger partial charge in [-0.2, -0.15) is 0 Å². The van der Waals surface area contributed by atoms with E-state index in [-0.39, 0.29) is 0 Å². The van der Waals surface area contributed by atoms with Gasteiger partial charge < -0.3 is 0 Å². The van der Waals surface area contributed by atoms with Crippen LogP contribution >= 0.6 is 0 Å². The molecular weight excluding hydrogens is 146 g/mol. The molecule has 0 amide bonds. The third-order valence-electron chi connectivity index (χ3n) is 2.14. The molecular formula is C11H24N. The smallest absolute Gasteiger partial charge is 0.0133 e. The summed E-state index contributed by atoms with van der Waals surface area (Å²) in [6.07, 6.45) is 9.73. The maximum atomic E-state index is 4.31. The Labute approximate surface area is 77.9 Å². The lowest BCUT2D eigenvalue weighted by Gasteiger charge is -2.00. The van der Waals surface area contributed by atoms with E-state index in [1.54, 1.807) is 0 Å². The molecule has 0 spiro atoms. The standard InChI is InChI=1S/C11H24N/c1-3-5-6-7-8-9-10-11-12-4-2/h3-11H2,1-2H3. The van der Waals surface area contributed by atoms with E-state index in [1.165, 1.54) is 44.9 Å². The van der Waals surface area contributed by atoms with Crippen molar-refractivity contribution in [2.24, 2.45) is 0 Å². The zero-order chi connectivity index (χ0) is 9.07. The SMILES string of the molecule is CCCCCCCCC[N]CC. The van der Waals surface area contributed by atoms with E-state index in [4.69, 9.17) is 0 Å². The Balaban J connectivity index is 2.73. The predicted octanol–water partition coefficient (Wildman–Crippen LogP) is 3.36. The van der Waals surface area contributed by atoms with E-state index < -0.39 is 0 Å². The van der Waals surface area contributed by atoms with Gasteiger partial charge in [-0.15, -0.1) is 0 Å². The summed E-state index contributed by atoms with van der Waals surface area (Å²) in [6.45, 7) is 6.46. The first-order valence-corrected chi connectivity index (χ1v) is 5.55. The van der Waals surface area contributed by atoms with Gasteiger partial charge in [0.15, 0.2) is 0 Å². The molecule has 0 aromatic heterocycles. The predicted molar refractivity (Wildman–Crippen MR) is 55.5 cm³/mol. The quantitative estimate of drug-likeness (QED) is 0.471. The molecule has 0 aliphatic rings. The van der Waals surface area contributed by atoms with Crippen molar-refractivity contribution in [2.75, 3.05) is 13.1 Å². The molecule has 0 N–H and O–H groups in total. The van der Waals surface area contributed by atoms with Crippen LogP contribution in [0.1, 0.15) is 58.8 Å². The lowest BCUT2D eigenvalue weighted by atomic mass is 10.1. The second-order valence-corrected chi connectivity index (χ2v) is 3.38. The van der Waals surface area contributed by atoms with Crippen LogP contribution in [0, 0.1) is 0 Å². The Kier molecular flexibility index (Phi) is 10.9. The molecule has 1 heteroatoms. The molecule has 0 rings (SSSR count). The highest BCUT2D eigenvalue weighted by Crippen LogP contribution is 2.06. The fraction of sp³-hybridized carbons (Fsp3) is 1.00. The molecule has 0 atom stereocenters. The van der Waals surface area contributed by atoms with Crippen LogP contribution in [0.25, 0.3) is 0 Å². The van der Waals surface area contributed by atoms with Crippen LogP contribution in [0.2, 0.25) is 0 Å². The second-order valence-electron chi connectivity index (χ2n) is 3.38. The van der Waals surface area contributed by atoms with E-state index in [9.17, 15) is 0 Å². The van der Waals surface area contributed by atoms with Crippen LogP contribution in [-0.2, 0) is 0 Å². The minimum absolute atomic E-state index is 0.996. The monoisotopic (exact) mass is 170 g/mol. The van der Waals surface area contributed by atoms with Crippen LogP contribution in [0.3, 0.4) is 0 Å². The number of unbranched alkanes of at least 4 members (excludes halogenated alkanes) is 6. The molecule has 0 heterocycles. The molecule has 12 heavy (non-hydrogen) atoms. The average Bonchev–Trinajstić information content (AvgIpc) is 2.10. The van der Waals surface area contributed by atoms with Crippen molar-refractivity contribution in [2.45, 2.75) is 58.8 Å². The average molecular weight is 170 g/mol. The van der Waals surface area contributed by atoms with E-state index in [0.717, 1.165) is 13.1 Å². The van der Waals surface area contributed by atoms with Gasteiger partial charge in [-0.1, -0.05) is 52.4 Å². The van der Waals surface area contributed by atoms with Crippen molar-refractivity contribution in [3.63, 3.8) is 0 Å². The first-order valence-electron chi connectivity index (χ1n) is 5.55. The lowest BCUT2D eigenvalue weighted by molar-refractivity contribution is 0.565. The molecule has 0 aliphatic carbocycles. The largest absolute Gasteiger partial charge is 0.242 e. The summed E-state index contributed by atoms with van der Waals surface area (Å²) in [4.78, 5) is 0. The van der Waals surface area contributed by atoms with E-state index in [1.807, 2.05) is 0 Å². The van der Waals surface area contributed by atoms with Crippen LogP contribution in [0.15, 0.2) is 0 Å². The zero-order valence-corrected chi connectivity index (χ0v) is 8.81. The van der Waals surface area contributed by atoms with Gasteiger partial charge in [0, 0.05) is 13.1 Å². The number of nitrogens with zero attached hydrogens (tertiary/aromatic N) is 1. The topological polar surface area (TPSA) is 14.1 Å². The molecule has 0 aromatic rings. The highest BCUT2D eigenvalue weighted by Gasteiger charge is 1.90. The van der Waals surface area contributed by atoms with Gasteiger partial charge in [0.25, 0.3) is 0 Å². The summed E-state index contributed by atoms with van der Waals surface area (Å²) < 4.78 is 0. The van der Waals surface area contributed by atoms with E-state index in [0.29, 0.717) is 0 Å². The first-order chi connectivity index (χ1) is 5.91. The van der Waals surface area contributed by atoms with Crippen molar-refractivity contribution in [3.05, 3.63) is 0 Å². The van der Waals surface area contributed by atoms with Gasteiger partial charge in [-0.3, -0.25) is 0 Å². The Hall–Kier alpha value is -0.0400. The van der Waals surface area contributed by atoms with Crippen molar-refractivity contribution in [3.8, 4) is 0 Å². The molecule has 73 valence electrons. The normalized spacial score (nSPS) is 10.5. The van der Waals surface area contributed by atoms with Crippen LogP contribution < -0.4 is 5.32 Å². The highest BCUT2D eigenvalue weighted by molar-refractivity contribution is 4.47. The van der Waals surface area contributed by atoms with Crippen molar-refractivity contribution < 1.29 is 0 Å². The maximum Gasteiger partial charge on any atom is 0.0133 e. The minimum Gasteiger partial charge on any atom is -0.242 e. The van der Waals surface area contributed by atoms with Gasteiger partial charge in [0.2, 0.25) is 0 Å². The fourth-order valence-corrected chi connectivity index (χ4v) is 1.34. The van der Waals surface area contributed by atoms with Gasteiger partial charge >= 0.3 is 0 Å². The number of hydrogen-bond donors (Lipinski definition) is 0. The van der Waals surface area contributed by atoms with E-state index in [2.05, 4.69) is 19.2 Å². The first kappa shape index (κ1) is 12.0. The Morgan fingerprint density at radius 2 is 1.33 bits per heavy atom. The zero-order valence-electron chi connectivity index (χ0n) is 8.81. The van der Waals surface area contributed by atoms with Crippen LogP contribution in [-0.4, -0.2) is 13.1 Å². The Morgan fingerprint density at radius 3 is 1.92 bits per heavy atom. The van der Waals surface area contributed by atoms with Gasteiger partial charge in [-0.05, 0) is 6.42 Å². The van der Waals surface area contributed by atoms with Crippen LogP contribution in [0.4, 0.5) is 0 Å². The Bertz CT molecular complexity index is 61.4. The summed E-state index contributed by atoms with van der Waals surface area (Å²) in [6, 6.07) is 0. The lowest BCUT2D eigenvalue weighted by Crippen LogP contribution is -2.04. The van der Waals surface area contributed by atoms with Gasteiger partial charge in [0.05, 0.1) is 0 Å². The summed E-state index contributed by atoms with van der Waals surface area (Å²) in [5, 5.41) is 4.31. The minimum atomic E-state index is 0.996. The van der Waals surface area contributed by atoms with Gasteiger partial charge in [-0.25, -0.2) is 5.32 Å². The van der Waals surface area contributed by atoms with Crippen molar-refractivity contribution >= 4 is 0 Å². The summed E-state index contributed by atoms with van der Waals surface area (Å²) >= 11 is 0. The molecule has 0 saturated carbocycles. The van der Waals surface area contributed by atoms with Crippen LogP contribution in [0.5, 0.6) is 0 Å². The van der Waals surface area contributed by atoms with Crippen molar-refractivity contribution in [1.29, 1.82) is 0 Å². The molecule has 1 radical (unpaired) electrons. The molecule has 0 aliphatic heterocycles. The highest BCUT2D eigenvalue weighted by atomic mass is 14.8. The summed E-state index contributed by atoms with van der Waals surface area (Å²) in [7, 11) is 0. The summed E-state index contributed by atoms with van der Waals surface area (Å²) in [5.74, 6) is 0. The maximum absolute atomic E-state index is 4.31. The molecule has 0 saturated heterocycles. The number of hydrogen-bond acceptors (Lipinski definition) is 0. The third-order valence-corrected chi connectivity index (χ3v) is 2.14. The fourth-order valence-electron chi connectivity index (χ4n) is 1.34. The Morgan fingerprint density at radius 1 is 0.750 bits per heavy atom. The molecule has 0 bridgehead atoms. The van der Waals surface area contributed by atoms with Crippen molar-refractivity contribution in [1.82, 2.24) is 5.32 Å². The van der Waals surface area contributed by atoms with E-state index >= 15 is 0 Å². The molecule has 0 aromatic carbocycles. The molecule has 1 nitrogen and oxygen atoms in total. The molecule has 0 unspecified atom stereocenters. The molecule has 0 fully saturated rings. The number of rotatable bonds is 9. The third kappa shape index (κ3) is 9.96. The second kappa shape index (κ2) is 11.0.